The van der Waals surface area contributed by atoms with Crippen LogP contribution in [0.2, 0.25) is 0 Å². The minimum Gasteiger partial charge on any atom is -0.267 e. The van der Waals surface area contributed by atoms with Crippen molar-refractivity contribution in [1.82, 2.24) is 0 Å². The topological polar surface area (TPSA) is 79.5 Å². The van der Waals surface area contributed by atoms with Gasteiger partial charge in [0.15, 0.2) is 5.71 Å². The maximum atomic E-state index is 10.8. The van der Waals surface area contributed by atoms with Gasteiger partial charge in [-0.25, -0.2) is 0 Å². The Morgan fingerprint density at radius 2 is 2.12 bits per heavy atom. The van der Waals surface area contributed by atoms with Crippen LogP contribution in [-0.4, -0.2) is 20.4 Å². The van der Waals surface area contributed by atoms with Crippen LogP contribution in [0.4, 0.5) is 0 Å². The van der Waals surface area contributed by atoms with Gasteiger partial charge in [0.2, 0.25) is 0 Å². The van der Waals surface area contributed by atoms with E-state index in [9.17, 15) is 8.42 Å². The van der Waals surface area contributed by atoms with Crippen LogP contribution in [0.1, 0.15) is 38.5 Å². The maximum absolute atomic E-state index is 10.8. The fraction of sp³-hybridized carbons (Fsp3) is 0.636. The summed E-state index contributed by atoms with van der Waals surface area (Å²) in [5.74, 6) is 0. The van der Waals surface area contributed by atoms with Crippen LogP contribution in [0.25, 0.3) is 0 Å². The Morgan fingerprint density at radius 1 is 1.41 bits per heavy atom. The highest BCUT2D eigenvalue weighted by Gasteiger charge is 2.11. The zero-order valence-electron chi connectivity index (χ0n) is 9.85. The lowest BCUT2D eigenvalue weighted by atomic mass is 9.97. The van der Waals surface area contributed by atoms with Crippen molar-refractivity contribution >= 4 is 15.8 Å². The largest absolute Gasteiger partial charge is 0.325 e. The predicted molar refractivity (Wildman–Crippen MR) is 64.8 cm³/mol. The van der Waals surface area contributed by atoms with Gasteiger partial charge in [-0.3, -0.25) is 4.28 Å². The van der Waals surface area contributed by atoms with Crippen molar-refractivity contribution in [2.75, 3.05) is 6.26 Å². The second kappa shape index (κ2) is 6.40. The average Bonchev–Trinajstić information content (AvgIpc) is 2.19. The highest BCUT2D eigenvalue weighted by atomic mass is 32.2. The normalized spacial score (nSPS) is 18.6. The molecule has 0 aromatic carbocycles. The first-order valence-electron chi connectivity index (χ1n) is 5.59. The number of nitriles is 1. The van der Waals surface area contributed by atoms with Crippen molar-refractivity contribution in [1.29, 1.82) is 5.26 Å². The quantitative estimate of drug-likeness (QED) is 0.572. The molecule has 0 fully saturated rings. The maximum Gasteiger partial charge on any atom is 0.325 e. The van der Waals surface area contributed by atoms with E-state index in [0.29, 0.717) is 0 Å². The summed E-state index contributed by atoms with van der Waals surface area (Å²) in [5.41, 5.74) is 0.855. The smallest absolute Gasteiger partial charge is 0.267 e. The van der Waals surface area contributed by atoms with Crippen LogP contribution < -0.4 is 0 Å². The van der Waals surface area contributed by atoms with Gasteiger partial charge in [0, 0.05) is 0 Å². The number of oxime groups is 1. The summed E-state index contributed by atoms with van der Waals surface area (Å²) in [6.45, 7) is 0. The minimum atomic E-state index is -3.65. The molecule has 0 aromatic rings. The average molecular weight is 256 g/mol. The lowest BCUT2D eigenvalue weighted by Gasteiger charge is -2.08. The predicted octanol–water partition coefficient (Wildman–Crippen LogP) is 2.12. The van der Waals surface area contributed by atoms with Crippen LogP contribution in [0, 0.1) is 11.3 Å². The van der Waals surface area contributed by atoms with Crippen LogP contribution in [0.15, 0.2) is 16.8 Å². The number of allylic oxidation sites excluding steroid dienone is 2. The monoisotopic (exact) mass is 256 g/mol. The van der Waals surface area contributed by atoms with Gasteiger partial charge in [-0.1, -0.05) is 24.1 Å². The molecule has 0 bridgehead atoms. The van der Waals surface area contributed by atoms with E-state index in [1.54, 1.807) is 0 Å². The summed E-state index contributed by atoms with van der Waals surface area (Å²) in [4.78, 5) is 0. The fourth-order valence-corrected chi connectivity index (χ4v) is 1.87. The van der Waals surface area contributed by atoms with E-state index in [2.05, 4.69) is 9.44 Å². The third-order valence-electron chi connectivity index (χ3n) is 2.46. The molecule has 1 rings (SSSR count). The molecule has 0 saturated heterocycles. The molecule has 0 aromatic heterocycles. The van der Waals surface area contributed by atoms with E-state index in [-0.39, 0.29) is 5.71 Å². The Bertz CT molecular complexity index is 458. The lowest BCUT2D eigenvalue weighted by molar-refractivity contribution is 0.343. The van der Waals surface area contributed by atoms with Crippen LogP contribution in [0.3, 0.4) is 0 Å². The summed E-state index contributed by atoms with van der Waals surface area (Å²) < 4.78 is 25.9. The van der Waals surface area contributed by atoms with Gasteiger partial charge >= 0.3 is 10.1 Å². The molecule has 0 radical (unpaired) electrons. The van der Waals surface area contributed by atoms with Gasteiger partial charge in [0.1, 0.15) is 6.07 Å². The van der Waals surface area contributed by atoms with Crippen molar-refractivity contribution in [3.63, 3.8) is 0 Å². The Morgan fingerprint density at radius 3 is 2.76 bits per heavy atom. The van der Waals surface area contributed by atoms with Gasteiger partial charge < -0.3 is 0 Å². The van der Waals surface area contributed by atoms with E-state index in [1.807, 2.05) is 12.1 Å². The Hall–Kier alpha value is -1.35. The second-order valence-electron chi connectivity index (χ2n) is 4.01. The molecule has 0 heterocycles. The molecule has 17 heavy (non-hydrogen) atoms. The van der Waals surface area contributed by atoms with E-state index < -0.39 is 10.1 Å². The van der Waals surface area contributed by atoms with Crippen molar-refractivity contribution in [2.45, 2.75) is 38.5 Å². The van der Waals surface area contributed by atoms with Crippen molar-refractivity contribution < 1.29 is 12.7 Å². The SMILES string of the molecule is CS(=O)(=O)ON=C(C#N)C1=CCCCCCC1. The first-order chi connectivity index (χ1) is 8.03. The summed E-state index contributed by atoms with van der Waals surface area (Å²) >= 11 is 0. The van der Waals surface area contributed by atoms with E-state index in [4.69, 9.17) is 5.26 Å². The molecule has 94 valence electrons. The van der Waals surface area contributed by atoms with Gasteiger partial charge in [0.25, 0.3) is 0 Å². The molecule has 5 nitrogen and oxygen atoms in total. The highest BCUT2D eigenvalue weighted by Crippen LogP contribution is 2.18. The third kappa shape index (κ3) is 5.50. The summed E-state index contributed by atoms with van der Waals surface area (Å²) in [7, 11) is -3.65. The van der Waals surface area contributed by atoms with Crippen molar-refractivity contribution in [2.24, 2.45) is 5.16 Å². The number of hydrogen-bond donors (Lipinski definition) is 0. The Labute approximate surface area is 102 Å². The van der Waals surface area contributed by atoms with Crippen molar-refractivity contribution in [3.8, 4) is 6.07 Å². The Balaban J connectivity index is 2.82. The number of nitrogens with zero attached hydrogens (tertiary/aromatic N) is 2. The molecular formula is C11H16N2O3S. The third-order valence-corrected chi connectivity index (χ3v) is 2.81. The van der Waals surface area contributed by atoms with Gasteiger partial charge in [0.05, 0.1) is 6.26 Å². The van der Waals surface area contributed by atoms with Gasteiger partial charge in [-0.05, 0) is 31.3 Å². The summed E-state index contributed by atoms with van der Waals surface area (Å²) in [6.07, 6.45) is 8.91. The minimum absolute atomic E-state index is 0.0670. The molecule has 0 N–H and O–H groups in total. The summed E-state index contributed by atoms with van der Waals surface area (Å²) in [5, 5.41) is 12.3. The molecule has 0 amide bonds. The fourth-order valence-electron chi connectivity index (χ4n) is 1.66. The van der Waals surface area contributed by atoms with E-state index in [0.717, 1.165) is 43.9 Å². The molecular weight excluding hydrogens is 240 g/mol. The van der Waals surface area contributed by atoms with E-state index in [1.165, 1.54) is 6.42 Å². The van der Waals surface area contributed by atoms with E-state index >= 15 is 0 Å². The van der Waals surface area contributed by atoms with Crippen LogP contribution >= 0.6 is 0 Å². The van der Waals surface area contributed by atoms with Crippen molar-refractivity contribution in [3.05, 3.63) is 11.6 Å². The first kappa shape index (κ1) is 13.7. The standard InChI is InChI=1S/C11H16N2O3S/c1-17(14,15)16-13-11(9-12)10-7-5-3-2-4-6-8-10/h7H,2-6,8H2,1H3. The van der Waals surface area contributed by atoms with Gasteiger partial charge in [-0.15, -0.1) is 0 Å². The van der Waals surface area contributed by atoms with Crippen LogP contribution in [0.5, 0.6) is 0 Å². The molecule has 1 aliphatic rings. The molecule has 0 atom stereocenters. The number of rotatable bonds is 3. The molecule has 0 saturated carbocycles. The molecule has 0 aliphatic heterocycles. The molecule has 0 spiro atoms. The number of hydrogen-bond acceptors (Lipinski definition) is 5. The van der Waals surface area contributed by atoms with Crippen LogP contribution in [-0.2, 0) is 14.4 Å². The first-order valence-corrected chi connectivity index (χ1v) is 7.41. The summed E-state index contributed by atoms with van der Waals surface area (Å²) in [6, 6.07) is 1.88. The zero-order chi connectivity index (χ0) is 12.7. The lowest BCUT2D eigenvalue weighted by Crippen LogP contribution is -2.06. The zero-order valence-corrected chi connectivity index (χ0v) is 10.7. The molecule has 0 unspecified atom stereocenters. The molecule has 6 heteroatoms. The Kier molecular flexibility index (Phi) is 5.16. The molecule has 1 aliphatic carbocycles. The highest BCUT2D eigenvalue weighted by molar-refractivity contribution is 7.85. The van der Waals surface area contributed by atoms with Gasteiger partial charge in [-0.2, -0.15) is 13.7 Å². The second-order valence-corrected chi connectivity index (χ2v) is 5.57.